The molecule has 1 aromatic heterocycles. The molecule has 0 bridgehead atoms. The van der Waals surface area contributed by atoms with E-state index in [9.17, 15) is 4.79 Å². The quantitative estimate of drug-likeness (QED) is 0.858. The lowest BCUT2D eigenvalue weighted by Crippen LogP contribution is -2.16. The topological polar surface area (TPSA) is 67.2 Å². The number of nitrogens with one attached hydrogen (secondary N) is 1. The number of rotatable bonds is 6. The van der Waals surface area contributed by atoms with E-state index in [-0.39, 0.29) is 12.4 Å². The summed E-state index contributed by atoms with van der Waals surface area (Å²) in [5.41, 5.74) is 2.08. The summed E-state index contributed by atoms with van der Waals surface area (Å²) in [4.78, 5) is 11.1. The summed E-state index contributed by atoms with van der Waals surface area (Å²) in [7, 11) is 0. The number of aryl methyl sites for hydroxylation is 1. The number of nitrogens with zero attached hydrogens (tertiary/aromatic N) is 2. The molecule has 108 valence electrons. The van der Waals surface area contributed by atoms with E-state index in [1.807, 2.05) is 36.0 Å². The molecule has 0 aliphatic carbocycles. The Morgan fingerprint density at radius 3 is 2.70 bits per heavy atom. The molecule has 0 unspecified atom stereocenters. The lowest BCUT2D eigenvalue weighted by molar-refractivity contribution is 0.0695. The number of carbonyl (C=O) groups is 1. The molecule has 0 saturated heterocycles. The van der Waals surface area contributed by atoms with Crippen LogP contribution >= 0.6 is 12.4 Å². The van der Waals surface area contributed by atoms with Crippen molar-refractivity contribution in [1.82, 2.24) is 15.1 Å². The Morgan fingerprint density at radius 2 is 2.05 bits per heavy atom. The van der Waals surface area contributed by atoms with Gasteiger partial charge in [0.15, 0.2) is 0 Å². The molecule has 0 atom stereocenters. The van der Waals surface area contributed by atoms with E-state index in [2.05, 4.69) is 10.4 Å². The van der Waals surface area contributed by atoms with Crippen molar-refractivity contribution in [3.8, 4) is 0 Å². The van der Waals surface area contributed by atoms with E-state index < -0.39 is 5.97 Å². The summed E-state index contributed by atoms with van der Waals surface area (Å²) >= 11 is 0. The van der Waals surface area contributed by atoms with Gasteiger partial charge in [-0.1, -0.05) is 18.2 Å². The minimum Gasteiger partial charge on any atom is -0.478 e. The molecule has 0 fully saturated rings. The van der Waals surface area contributed by atoms with Gasteiger partial charge in [0.1, 0.15) is 0 Å². The van der Waals surface area contributed by atoms with Crippen LogP contribution in [0.3, 0.4) is 0 Å². The van der Waals surface area contributed by atoms with Gasteiger partial charge in [0.05, 0.1) is 11.3 Å². The molecule has 0 aliphatic heterocycles. The van der Waals surface area contributed by atoms with Crippen LogP contribution in [-0.2, 0) is 19.6 Å². The van der Waals surface area contributed by atoms with Gasteiger partial charge < -0.3 is 10.4 Å². The highest BCUT2D eigenvalue weighted by Crippen LogP contribution is 2.08. The van der Waals surface area contributed by atoms with Crippen LogP contribution in [0.5, 0.6) is 0 Å². The Labute approximate surface area is 124 Å². The van der Waals surface area contributed by atoms with Gasteiger partial charge in [-0.2, -0.15) is 5.10 Å². The Hall–Kier alpha value is -1.85. The summed E-state index contributed by atoms with van der Waals surface area (Å²) < 4.78 is 1.86. The number of aromatic nitrogens is 2. The molecule has 6 heteroatoms. The Bertz CT molecular complexity index is 569. The van der Waals surface area contributed by atoms with Crippen LogP contribution in [0.1, 0.15) is 28.5 Å². The first-order valence-corrected chi connectivity index (χ1v) is 6.25. The van der Waals surface area contributed by atoms with Crippen molar-refractivity contribution in [2.24, 2.45) is 0 Å². The van der Waals surface area contributed by atoms with Crippen molar-refractivity contribution in [3.05, 3.63) is 53.3 Å². The first-order chi connectivity index (χ1) is 9.20. The Balaban J connectivity index is 0.00000200. The molecular formula is C14H18ClN3O2. The Kier molecular flexibility index (Phi) is 6.21. The maximum absolute atomic E-state index is 11.1. The maximum Gasteiger partial charge on any atom is 0.336 e. The van der Waals surface area contributed by atoms with Crippen LogP contribution in [0.4, 0.5) is 0 Å². The highest BCUT2D eigenvalue weighted by Gasteiger charge is 2.08. The van der Waals surface area contributed by atoms with Gasteiger partial charge in [-0.05, 0) is 24.6 Å². The highest BCUT2D eigenvalue weighted by atomic mass is 35.5. The molecule has 1 aromatic carbocycles. The molecule has 0 amide bonds. The van der Waals surface area contributed by atoms with Crippen LogP contribution in [0.2, 0.25) is 0 Å². The van der Waals surface area contributed by atoms with E-state index in [1.54, 1.807) is 12.1 Å². The van der Waals surface area contributed by atoms with Gasteiger partial charge in [-0.15, -0.1) is 12.4 Å². The molecule has 2 rings (SSSR count). The summed E-state index contributed by atoms with van der Waals surface area (Å²) in [6.45, 7) is 4.03. The average Bonchev–Trinajstić information content (AvgIpc) is 2.87. The summed E-state index contributed by atoms with van der Waals surface area (Å²) in [5.74, 6) is -0.896. The third-order valence-electron chi connectivity index (χ3n) is 2.89. The summed E-state index contributed by atoms with van der Waals surface area (Å²) in [6.07, 6.45) is 1.93. The van der Waals surface area contributed by atoms with Crippen LogP contribution in [0.15, 0.2) is 36.5 Å². The molecule has 0 aliphatic rings. The van der Waals surface area contributed by atoms with Crippen molar-refractivity contribution >= 4 is 18.4 Å². The fraction of sp³-hybridized carbons (Fsp3) is 0.286. The predicted molar refractivity (Wildman–Crippen MR) is 79.1 cm³/mol. The van der Waals surface area contributed by atoms with Gasteiger partial charge in [0.2, 0.25) is 0 Å². The van der Waals surface area contributed by atoms with Gasteiger partial charge in [-0.3, -0.25) is 4.68 Å². The second kappa shape index (κ2) is 7.67. The summed E-state index contributed by atoms with van der Waals surface area (Å²) in [5, 5.41) is 16.6. The molecule has 5 nitrogen and oxygen atoms in total. The maximum atomic E-state index is 11.1. The second-order valence-corrected chi connectivity index (χ2v) is 4.23. The van der Waals surface area contributed by atoms with Gasteiger partial charge in [-0.25, -0.2) is 4.79 Å². The fourth-order valence-electron chi connectivity index (χ4n) is 1.88. The number of hydrogen-bond donors (Lipinski definition) is 2. The zero-order valence-electron chi connectivity index (χ0n) is 11.2. The number of hydrogen-bond acceptors (Lipinski definition) is 3. The van der Waals surface area contributed by atoms with Crippen LogP contribution in [-0.4, -0.2) is 20.9 Å². The smallest absolute Gasteiger partial charge is 0.336 e. The third kappa shape index (κ3) is 4.08. The lowest BCUT2D eigenvalue weighted by Gasteiger charge is -2.06. The van der Waals surface area contributed by atoms with E-state index in [1.165, 1.54) is 0 Å². The van der Waals surface area contributed by atoms with E-state index in [0.29, 0.717) is 18.7 Å². The molecule has 0 spiro atoms. The zero-order chi connectivity index (χ0) is 13.7. The lowest BCUT2D eigenvalue weighted by atomic mass is 10.1. The van der Waals surface area contributed by atoms with Gasteiger partial charge in [0.25, 0.3) is 0 Å². The molecule has 0 saturated carbocycles. The van der Waals surface area contributed by atoms with E-state index in [0.717, 1.165) is 17.8 Å². The van der Waals surface area contributed by atoms with Crippen molar-refractivity contribution in [2.75, 3.05) is 0 Å². The molecular weight excluding hydrogens is 278 g/mol. The standard InChI is InChI=1S/C14H17N3O2.ClH/c1-2-17-8-7-12(16-17)10-15-9-11-5-3-4-6-13(11)14(18)19;/h3-8,15H,2,9-10H2,1H3,(H,18,19);1H. The van der Waals surface area contributed by atoms with Crippen LogP contribution in [0, 0.1) is 0 Å². The first kappa shape index (κ1) is 16.2. The van der Waals surface area contributed by atoms with Gasteiger partial charge in [0, 0.05) is 25.8 Å². The normalized spacial score (nSPS) is 10.1. The molecule has 2 N–H and O–H groups in total. The van der Waals surface area contributed by atoms with E-state index >= 15 is 0 Å². The van der Waals surface area contributed by atoms with Crippen LogP contribution < -0.4 is 5.32 Å². The van der Waals surface area contributed by atoms with Crippen molar-refractivity contribution in [2.45, 2.75) is 26.6 Å². The monoisotopic (exact) mass is 295 g/mol. The SMILES string of the molecule is CCn1ccc(CNCc2ccccc2C(=O)O)n1.Cl. The molecule has 20 heavy (non-hydrogen) atoms. The van der Waals surface area contributed by atoms with Crippen LogP contribution in [0.25, 0.3) is 0 Å². The van der Waals surface area contributed by atoms with Crippen molar-refractivity contribution in [3.63, 3.8) is 0 Å². The fourth-order valence-corrected chi connectivity index (χ4v) is 1.88. The van der Waals surface area contributed by atoms with Crippen molar-refractivity contribution in [1.29, 1.82) is 0 Å². The minimum atomic E-state index is -0.896. The minimum absolute atomic E-state index is 0. The zero-order valence-corrected chi connectivity index (χ0v) is 12.1. The van der Waals surface area contributed by atoms with E-state index in [4.69, 9.17) is 5.11 Å². The molecule has 2 aromatic rings. The number of benzene rings is 1. The summed E-state index contributed by atoms with van der Waals surface area (Å²) in [6, 6.07) is 8.97. The third-order valence-corrected chi connectivity index (χ3v) is 2.89. The first-order valence-electron chi connectivity index (χ1n) is 6.25. The number of aromatic carboxylic acids is 1. The number of halogens is 1. The molecule has 1 heterocycles. The highest BCUT2D eigenvalue weighted by molar-refractivity contribution is 5.89. The Morgan fingerprint density at radius 1 is 1.30 bits per heavy atom. The largest absolute Gasteiger partial charge is 0.478 e. The molecule has 0 radical (unpaired) electrons. The van der Waals surface area contributed by atoms with Crippen molar-refractivity contribution < 1.29 is 9.90 Å². The van der Waals surface area contributed by atoms with Gasteiger partial charge >= 0.3 is 5.97 Å². The number of carboxylic acid groups (broad SMARTS) is 1. The number of carboxylic acids is 1. The average molecular weight is 296 g/mol. The second-order valence-electron chi connectivity index (χ2n) is 4.23. The predicted octanol–water partition coefficient (Wildman–Crippen LogP) is 2.31.